The zero-order valence-corrected chi connectivity index (χ0v) is 9.82. The molecule has 2 aromatic heterocycles. The zero-order chi connectivity index (χ0) is 11.7. The molecular weight excluding hydrogens is 233 g/mol. The smallest absolute Gasteiger partial charge is 0.123 e. The van der Waals surface area contributed by atoms with Crippen molar-refractivity contribution in [2.45, 2.75) is 0 Å². The van der Waals surface area contributed by atoms with Gasteiger partial charge < -0.3 is 4.57 Å². The third kappa shape index (κ3) is 1.89. The molecule has 0 N–H and O–H groups in total. The van der Waals surface area contributed by atoms with E-state index in [0.717, 1.165) is 11.4 Å². The van der Waals surface area contributed by atoms with Crippen molar-refractivity contribution in [1.29, 1.82) is 0 Å². The average Bonchev–Trinajstić information content (AvgIpc) is 3.00. The van der Waals surface area contributed by atoms with E-state index in [1.54, 1.807) is 23.5 Å². The van der Waals surface area contributed by atoms with Gasteiger partial charge in [-0.25, -0.2) is 4.39 Å². The SMILES string of the molecule is Fc1ccc(-n2cccc2-c2cccs2)cc1. The minimum Gasteiger partial charge on any atom is -0.316 e. The van der Waals surface area contributed by atoms with Crippen molar-refractivity contribution in [3.63, 3.8) is 0 Å². The van der Waals surface area contributed by atoms with Crippen LogP contribution in [0.3, 0.4) is 0 Å². The highest BCUT2D eigenvalue weighted by molar-refractivity contribution is 7.13. The van der Waals surface area contributed by atoms with Gasteiger partial charge in [0.05, 0.1) is 10.6 Å². The van der Waals surface area contributed by atoms with Gasteiger partial charge in [-0.2, -0.15) is 0 Å². The molecule has 0 aliphatic rings. The van der Waals surface area contributed by atoms with Crippen LogP contribution in [0.25, 0.3) is 16.3 Å². The molecule has 0 saturated carbocycles. The Balaban J connectivity index is 2.10. The molecule has 0 spiro atoms. The molecule has 2 heterocycles. The van der Waals surface area contributed by atoms with E-state index in [-0.39, 0.29) is 5.82 Å². The van der Waals surface area contributed by atoms with Crippen LogP contribution in [-0.4, -0.2) is 4.57 Å². The van der Waals surface area contributed by atoms with Gasteiger partial charge in [-0.3, -0.25) is 0 Å². The Morgan fingerprint density at radius 1 is 0.941 bits per heavy atom. The first-order valence-corrected chi connectivity index (χ1v) is 6.20. The Kier molecular flexibility index (Phi) is 2.53. The van der Waals surface area contributed by atoms with E-state index in [1.165, 1.54) is 17.0 Å². The molecule has 0 aliphatic carbocycles. The molecule has 0 bridgehead atoms. The second kappa shape index (κ2) is 4.18. The highest BCUT2D eigenvalue weighted by Crippen LogP contribution is 2.27. The number of rotatable bonds is 2. The third-order valence-electron chi connectivity index (χ3n) is 2.63. The van der Waals surface area contributed by atoms with Gasteiger partial charge in [0.1, 0.15) is 5.82 Å². The average molecular weight is 243 g/mol. The molecule has 3 aromatic rings. The highest BCUT2D eigenvalue weighted by atomic mass is 32.1. The van der Waals surface area contributed by atoms with Gasteiger partial charge in [0.15, 0.2) is 0 Å². The monoisotopic (exact) mass is 243 g/mol. The summed E-state index contributed by atoms with van der Waals surface area (Å²) < 4.78 is 15.0. The van der Waals surface area contributed by atoms with E-state index in [9.17, 15) is 4.39 Å². The van der Waals surface area contributed by atoms with E-state index < -0.39 is 0 Å². The van der Waals surface area contributed by atoms with Gasteiger partial charge in [-0.1, -0.05) is 6.07 Å². The topological polar surface area (TPSA) is 4.93 Å². The first-order chi connectivity index (χ1) is 8.34. The van der Waals surface area contributed by atoms with Crippen molar-refractivity contribution in [3.8, 4) is 16.3 Å². The molecule has 0 saturated heterocycles. The molecule has 1 aromatic carbocycles. The summed E-state index contributed by atoms with van der Waals surface area (Å²) in [6.45, 7) is 0. The lowest BCUT2D eigenvalue weighted by Gasteiger charge is -2.07. The lowest BCUT2D eigenvalue weighted by atomic mass is 10.3. The van der Waals surface area contributed by atoms with E-state index in [1.807, 2.05) is 18.3 Å². The van der Waals surface area contributed by atoms with E-state index in [0.29, 0.717) is 0 Å². The summed E-state index contributed by atoms with van der Waals surface area (Å²) in [6.07, 6.45) is 1.99. The summed E-state index contributed by atoms with van der Waals surface area (Å²) in [4.78, 5) is 1.21. The molecule has 3 rings (SSSR count). The molecular formula is C14H10FNS. The van der Waals surface area contributed by atoms with Crippen LogP contribution in [0.15, 0.2) is 60.1 Å². The summed E-state index contributed by atoms with van der Waals surface area (Å²) in [7, 11) is 0. The molecule has 0 aliphatic heterocycles. The van der Waals surface area contributed by atoms with Crippen molar-refractivity contribution in [2.75, 3.05) is 0 Å². The molecule has 0 unspecified atom stereocenters. The third-order valence-corrected chi connectivity index (χ3v) is 3.52. The maximum Gasteiger partial charge on any atom is 0.123 e. The maximum absolute atomic E-state index is 12.9. The number of aromatic nitrogens is 1. The molecule has 84 valence electrons. The number of hydrogen-bond acceptors (Lipinski definition) is 1. The van der Waals surface area contributed by atoms with Gasteiger partial charge in [0.2, 0.25) is 0 Å². The molecule has 0 atom stereocenters. The fraction of sp³-hybridized carbons (Fsp3) is 0. The van der Waals surface area contributed by atoms with Crippen LogP contribution in [0.1, 0.15) is 0 Å². The molecule has 17 heavy (non-hydrogen) atoms. The molecule has 0 amide bonds. The lowest BCUT2D eigenvalue weighted by molar-refractivity contribution is 0.627. The minimum atomic E-state index is -0.210. The Morgan fingerprint density at radius 2 is 1.76 bits per heavy atom. The van der Waals surface area contributed by atoms with Crippen molar-refractivity contribution in [3.05, 3.63) is 65.9 Å². The van der Waals surface area contributed by atoms with Crippen molar-refractivity contribution >= 4 is 11.3 Å². The van der Waals surface area contributed by atoms with Crippen LogP contribution in [-0.2, 0) is 0 Å². The Labute approximate surface area is 103 Å². The minimum absolute atomic E-state index is 0.210. The standard InChI is InChI=1S/C14H10FNS/c15-11-5-7-12(8-6-11)16-9-1-3-13(16)14-4-2-10-17-14/h1-10H. The largest absolute Gasteiger partial charge is 0.316 e. The second-order valence-electron chi connectivity index (χ2n) is 3.72. The number of thiophene rings is 1. The highest BCUT2D eigenvalue weighted by Gasteiger charge is 2.06. The molecule has 1 nitrogen and oxygen atoms in total. The van der Waals surface area contributed by atoms with Gasteiger partial charge >= 0.3 is 0 Å². The number of halogens is 1. The second-order valence-corrected chi connectivity index (χ2v) is 4.66. The quantitative estimate of drug-likeness (QED) is 0.630. The first kappa shape index (κ1) is 10.3. The summed E-state index contributed by atoms with van der Waals surface area (Å²) in [6, 6.07) is 14.7. The van der Waals surface area contributed by atoms with Gasteiger partial charge in [0, 0.05) is 11.9 Å². The normalized spacial score (nSPS) is 10.6. The zero-order valence-electron chi connectivity index (χ0n) is 9.01. The van der Waals surface area contributed by atoms with Gasteiger partial charge in [0.25, 0.3) is 0 Å². The Morgan fingerprint density at radius 3 is 2.47 bits per heavy atom. The lowest BCUT2D eigenvalue weighted by Crippen LogP contribution is -1.93. The number of hydrogen-bond donors (Lipinski definition) is 0. The van der Waals surface area contributed by atoms with Crippen LogP contribution in [0.2, 0.25) is 0 Å². The van der Waals surface area contributed by atoms with Gasteiger partial charge in [-0.15, -0.1) is 11.3 Å². The Hall–Kier alpha value is -1.87. The van der Waals surface area contributed by atoms with E-state index >= 15 is 0 Å². The molecule has 0 fully saturated rings. The predicted octanol–water partition coefficient (Wildman–Crippen LogP) is 4.34. The van der Waals surface area contributed by atoms with Gasteiger partial charge in [-0.05, 0) is 47.8 Å². The van der Waals surface area contributed by atoms with E-state index in [4.69, 9.17) is 0 Å². The maximum atomic E-state index is 12.9. The van der Waals surface area contributed by atoms with Crippen LogP contribution < -0.4 is 0 Å². The molecule has 0 radical (unpaired) electrons. The summed E-state index contributed by atoms with van der Waals surface area (Å²) in [5, 5.41) is 2.05. The fourth-order valence-corrected chi connectivity index (χ4v) is 2.58. The van der Waals surface area contributed by atoms with Crippen LogP contribution in [0.5, 0.6) is 0 Å². The van der Waals surface area contributed by atoms with Crippen LogP contribution in [0.4, 0.5) is 4.39 Å². The Bertz CT molecular complexity index is 608. The van der Waals surface area contributed by atoms with E-state index in [2.05, 4.69) is 22.1 Å². The summed E-state index contributed by atoms with van der Waals surface area (Å²) in [5.41, 5.74) is 2.10. The summed E-state index contributed by atoms with van der Waals surface area (Å²) in [5.74, 6) is -0.210. The first-order valence-electron chi connectivity index (χ1n) is 5.32. The fourth-order valence-electron chi connectivity index (χ4n) is 1.83. The predicted molar refractivity (Wildman–Crippen MR) is 69.0 cm³/mol. The molecule has 3 heteroatoms. The van der Waals surface area contributed by atoms with Crippen molar-refractivity contribution in [2.24, 2.45) is 0 Å². The summed E-state index contributed by atoms with van der Waals surface area (Å²) >= 11 is 1.70. The van der Waals surface area contributed by atoms with Crippen LogP contribution in [0, 0.1) is 5.82 Å². The van der Waals surface area contributed by atoms with Crippen LogP contribution >= 0.6 is 11.3 Å². The number of nitrogens with zero attached hydrogens (tertiary/aromatic N) is 1. The number of benzene rings is 1. The van der Waals surface area contributed by atoms with Crippen molar-refractivity contribution < 1.29 is 4.39 Å². The van der Waals surface area contributed by atoms with Crippen molar-refractivity contribution in [1.82, 2.24) is 4.57 Å².